The Hall–Kier alpha value is -2.06. The maximum absolute atomic E-state index is 12.3. The van der Waals surface area contributed by atoms with Crippen molar-refractivity contribution in [3.05, 3.63) is 64.7 Å². The van der Waals surface area contributed by atoms with Crippen LogP contribution in [-0.2, 0) is 15.3 Å². The number of anilines is 1. The molecular weight excluding hydrogens is 422 g/mol. The van der Waals surface area contributed by atoms with Gasteiger partial charge in [-0.2, -0.15) is 0 Å². The summed E-state index contributed by atoms with van der Waals surface area (Å²) < 4.78 is 5.32. The van der Waals surface area contributed by atoms with E-state index in [1.807, 2.05) is 24.3 Å². The van der Waals surface area contributed by atoms with Crippen molar-refractivity contribution in [1.82, 2.24) is 10.2 Å². The third-order valence-corrected chi connectivity index (χ3v) is 5.92. The number of carbonyl (C=O) groups is 2. The fourth-order valence-corrected chi connectivity index (χ4v) is 3.91. The lowest BCUT2D eigenvalue weighted by atomic mass is 10.1. The quantitative estimate of drug-likeness (QED) is 0.617. The van der Waals surface area contributed by atoms with Gasteiger partial charge in [-0.25, -0.2) is 0 Å². The maximum atomic E-state index is 12.3. The van der Waals surface area contributed by atoms with E-state index in [1.54, 1.807) is 24.3 Å². The molecule has 0 atom stereocenters. The van der Waals surface area contributed by atoms with E-state index < -0.39 is 0 Å². The van der Waals surface area contributed by atoms with Crippen LogP contribution >= 0.6 is 23.4 Å². The highest BCUT2D eigenvalue weighted by molar-refractivity contribution is 7.99. The molecule has 160 valence electrons. The Kier molecular flexibility index (Phi) is 9.01. The fourth-order valence-electron chi connectivity index (χ4n) is 3.00. The minimum Gasteiger partial charge on any atom is -0.379 e. The first-order chi connectivity index (χ1) is 14.6. The number of ether oxygens (including phenoxy) is 1. The lowest BCUT2D eigenvalue weighted by molar-refractivity contribution is -0.113. The molecule has 1 fully saturated rings. The Labute approximate surface area is 186 Å². The molecule has 2 aromatic rings. The summed E-state index contributed by atoms with van der Waals surface area (Å²) in [7, 11) is 0. The predicted molar refractivity (Wildman–Crippen MR) is 122 cm³/mol. The summed E-state index contributed by atoms with van der Waals surface area (Å²) in [5.74, 6) is 0.933. The topological polar surface area (TPSA) is 70.7 Å². The van der Waals surface area contributed by atoms with Crippen molar-refractivity contribution in [1.29, 1.82) is 0 Å². The van der Waals surface area contributed by atoms with E-state index in [-0.39, 0.29) is 11.8 Å². The largest absolute Gasteiger partial charge is 0.379 e. The molecule has 1 aliphatic rings. The number of thioether (sulfide) groups is 1. The number of morpholine rings is 1. The third kappa shape index (κ3) is 7.65. The van der Waals surface area contributed by atoms with Gasteiger partial charge < -0.3 is 15.4 Å². The monoisotopic (exact) mass is 447 g/mol. The van der Waals surface area contributed by atoms with Crippen molar-refractivity contribution in [2.24, 2.45) is 0 Å². The smallest absolute Gasteiger partial charge is 0.251 e. The molecule has 0 unspecified atom stereocenters. The molecule has 8 heteroatoms. The lowest BCUT2D eigenvalue weighted by Crippen LogP contribution is -2.41. The summed E-state index contributed by atoms with van der Waals surface area (Å²) in [6, 6.07) is 14.5. The SMILES string of the molecule is O=C(CSCc1ccc(C(=O)NCCN2CCOCC2)cc1)Nc1ccc(Cl)cc1. The van der Waals surface area contributed by atoms with E-state index >= 15 is 0 Å². The molecule has 6 nitrogen and oxygen atoms in total. The standard InChI is InChI=1S/C22H26ClN3O3S/c23-19-5-7-20(8-6-19)25-21(27)16-30-15-17-1-3-18(4-2-17)22(28)24-9-10-26-11-13-29-14-12-26/h1-8H,9-16H2,(H,24,28)(H,25,27). The molecule has 1 aliphatic heterocycles. The van der Waals surface area contributed by atoms with Gasteiger partial charge in [0.2, 0.25) is 5.91 Å². The number of rotatable bonds is 9. The normalized spacial score (nSPS) is 14.3. The van der Waals surface area contributed by atoms with Gasteiger partial charge in [0.15, 0.2) is 0 Å². The second-order valence-corrected chi connectivity index (χ2v) is 8.38. The van der Waals surface area contributed by atoms with Crippen molar-refractivity contribution >= 4 is 40.9 Å². The van der Waals surface area contributed by atoms with Crippen LogP contribution in [0.15, 0.2) is 48.5 Å². The van der Waals surface area contributed by atoms with Crippen LogP contribution in [-0.4, -0.2) is 61.9 Å². The highest BCUT2D eigenvalue weighted by Gasteiger charge is 2.11. The molecule has 2 amide bonds. The molecular formula is C22H26ClN3O3S. The van der Waals surface area contributed by atoms with Crippen LogP contribution in [0.5, 0.6) is 0 Å². The zero-order chi connectivity index (χ0) is 21.2. The number of nitrogens with zero attached hydrogens (tertiary/aromatic N) is 1. The van der Waals surface area contributed by atoms with Gasteiger partial charge in [0.1, 0.15) is 0 Å². The first-order valence-corrected chi connectivity index (χ1v) is 11.4. The molecule has 0 saturated carbocycles. The molecule has 1 heterocycles. The molecule has 0 spiro atoms. The summed E-state index contributed by atoms with van der Waals surface area (Å²) in [4.78, 5) is 26.6. The van der Waals surface area contributed by atoms with E-state index in [1.165, 1.54) is 11.8 Å². The van der Waals surface area contributed by atoms with E-state index in [0.29, 0.717) is 28.6 Å². The summed E-state index contributed by atoms with van der Waals surface area (Å²) in [5, 5.41) is 6.44. The van der Waals surface area contributed by atoms with Gasteiger partial charge in [-0.15, -0.1) is 11.8 Å². The Morgan fingerprint density at radius 1 is 1.03 bits per heavy atom. The molecule has 0 bridgehead atoms. The van der Waals surface area contributed by atoms with Crippen molar-refractivity contribution in [3.63, 3.8) is 0 Å². The maximum Gasteiger partial charge on any atom is 0.251 e. The van der Waals surface area contributed by atoms with Crippen LogP contribution < -0.4 is 10.6 Å². The minimum absolute atomic E-state index is 0.0569. The molecule has 0 aliphatic carbocycles. The van der Waals surface area contributed by atoms with Gasteiger partial charge in [-0.05, 0) is 42.0 Å². The van der Waals surface area contributed by atoms with E-state index in [4.69, 9.17) is 16.3 Å². The molecule has 3 rings (SSSR count). The Morgan fingerprint density at radius 2 is 1.73 bits per heavy atom. The average molecular weight is 448 g/mol. The Balaban J connectivity index is 1.34. The van der Waals surface area contributed by atoms with Crippen LogP contribution in [0, 0.1) is 0 Å². The molecule has 2 N–H and O–H groups in total. The summed E-state index contributed by atoms with van der Waals surface area (Å²) in [5.41, 5.74) is 2.45. The zero-order valence-electron chi connectivity index (χ0n) is 16.7. The van der Waals surface area contributed by atoms with Gasteiger partial charge in [0.05, 0.1) is 19.0 Å². The molecule has 30 heavy (non-hydrogen) atoms. The van der Waals surface area contributed by atoms with E-state index in [2.05, 4.69) is 15.5 Å². The van der Waals surface area contributed by atoms with Gasteiger partial charge in [0, 0.05) is 48.2 Å². The van der Waals surface area contributed by atoms with Crippen LogP contribution in [0.3, 0.4) is 0 Å². The van der Waals surface area contributed by atoms with Crippen molar-refractivity contribution in [2.75, 3.05) is 50.5 Å². The Morgan fingerprint density at radius 3 is 2.43 bits per heavy atom. The van der Waals surface area contributed by atoms with Gasteiger partial charge in [-0.1, -0.05) is 23.7 Å². The third-order valence-electron chi connectivity index (χ3n) is 4.66. The number of carbonyl (C=O) groups excluding carboxylic acids is 2. The number of amides is 2. The number of nitrogens with one attached hydrogen (secondary N) is 2. The zero-order valence-corrected chi connectivity index (χ0v) is 18.3. The first kappa shape index (κ1) is 22.6. The predicted octanol–water partition coefficient (Wildman–Crippen LogP) is 3.27. The van der Waals surface area contributed by atoms with Gasteiger partial charge in [-0.3, -0.25) is 14.5 Å². The van der Waals surface area contributed by atoms with Crippen LogP contribution in [0.1, 0.15) is 15.9 Å². The summed E-state index contributed by atoms with van der Waals surface area (Å²) in [6.07, 6.45) is 0. The fraction of sp³-hybridized carbons (Fsp3) is 0.364. The average Bonchev–Trinajstić information content (AvgIpc) is 2.76. The highest BCUT2D eigenvalue weighted by atomic mass is 35.5. The number of benzene rings is 2. The second-order valence-electron chi connectivity index (χ2n) is 6.95. The van der Waals surface area contributed by atoms with Crippen molar-refractivity contribution in [3.8, 4) is 0 Å². The number of hydrogen-bond acceptors (Lipinski definition) is 5. The minimum atomic E-state index is -0.0650. The Bertz CT molecular complexity index is 825. The molecule has 0 aromatic heterocycles. The summed E-state index contributed by atoms with van der Waals surface area (Å²) >= 11 is 7.37. The summed E-state index contributed by atoms with van der Waals surface area (Å²) in [6.45, 7) is 4.81. The second kappa shape index (κ2) is 12.0. The number of hydrogen-bond donors (Lipinski definition) is 2. The van der Waals surface area contributed by atoms with Gasteiger partial charge in [0.25, 0.3) is 5.91 Å². The highest BCUT2D eigenvalue weighted by Crippen LogP contribution is 2.16. The molecule has 0 radical (unpaired) electrons. The van der Waals surface area contributed by atoms with Crippen LogP contribution in [0.4, 0.5) is 5.69 Å². The molecule has 2 aromatic carbocycles. The van der Waals surface area contributed by atoms with Crippen LogP contribution in [0.25, 0.3) is 0 Å². The lowest BCUT2D eigenvalue weighted by Gasteiger charge is -2.26. The van der Waals surface area contributed by atoms with E-state index in [0.717, 1.165) is 44.1 Å². The first-order valence-electron chi connectivity index (χ1n) is 9.90. The van der Waals surface area contributed by atoms with E-state index in [9.17, 15) is 9.59 Å². The van der Waals surface area contributed by atoms with Gasteiger partial charge >= 0.3 is 0 Å². The van der Waals surface area contributed by atoms with Crippen LogP contribution in [0.2, 0.25) is 5.02 Å². The van der Waals surface area contributed by atoms with Crippen molar-refractivity contribution in [2.45, 2.75) is 5.75 Å². The van der Waals surface area contributed by atoms with Crippen molar-refractivity contribution < 1.29 is 14.3 Å². The number of halogens is 1. The molecule has 1 saturated heterocycles.